The number of aromatic nitrogens is 3. The third-order valence-electron chi connectivity index (χ3n) is 2.61. The van der Waals surface area contributed by atoms with Gasteiger partial charge in [0.2, 0.25) is 0 Å². The number of aromatic carboxylic acids is 1. The summed E-state index contributed by atoms with van der Waals surface area (Å²) in [6.07, 6.45) is 3.45. The minimum atomic E-state index is -1.10. The van der Waals surface area contributed by atoms with E-state index in [-0.39, 0.29) is 10.6 Å². The summed E-state index contributed by atoms with van der Waals surface area (Å²) in [5, 5.41) is 9.41. The van der Waals surface area contributed by atoms with Gasteiger partial charge in [0.05, 0.1) is 0 Å². The van der Waals surface area contributed by atoms with Gasteiger partial charge in [-0.25, -0.2) is 9.59 Å². The summed E-state index contributed by atoms with van der Waals surface area (Å²) in [4.78, 5) is 32.8. The molecule has 20 heavy (non-hydrogen) atoms. The van der Waals surface area contributed by atoms with E-state index in [0.717, 1.165) is 11.1 Å². The van der Waals surface area contributed by atoms with Crippen molar-refractivity contribution < 1.29 is 9.90 Å². The number of nitrogens with zero attached hydrogens (tertiary/aromatic N) is 2. The number of thioether (sulfide) groups is 1. The molecular weight excluding hydrogens is 278 g/mol. The maximum Gasteiger partial charge on any atom is 0.346 e. The number of carbonyl (C=O) groups is 1. The lowest BCUT2D eigenvalue weighted by atomic mass is 10.2. The first kappa shape index (κ1) is 14.3. The molecule has 0 aliphatic rings. The highest BCUT2D eigenvalue weighted by atomic mass is 32.2. The molecule has 0 unspecified atom stereocenters. The molecule has 0 fully saturated rings. The van der Waals surface area contributed by atoms with Gasteiger partial charge in [0.25, 0.3) is 0 Å². The number of rotatable bonds is 4. The van der Waals surface area contributed by atoms with Gasteiger partial charge < -0.3 is 10.1 Å². The van der Waals surface area contributed by atoms with E-state index >= 15 is 0 Å². The Labute approximate surface area is 119 Å². The Hall–Kier alpha value is -2.15. The second-order valence-electron chi connectivity index (χ2n) is 4.31. The van der Waals surface area contributed by atoms with E-state index in [9.17, 15) is 14.7 Å². The smallest absolute Gasteiger partial charge is 0.346 e. The summed E-state index contributed by atoms with van der Waals surface area (Å²) >= 11 is 1.21. The van der Waals surface area contributed by atoms with Crippen LogP contribution in [0.15, 0.2) is 28.3 Å². The van der Waals surface area contributed by atoms with E-state index in [0.29, 0.717) is 11.4 Å². The molecule has 0 aliphatic carbocycles. The first-order valence-electron chi connectivity index (χ1n) is 5.85. The molecule has 0 saturated carbocycles. The van der Waals surface area contributed by atoms with Gasteiger partial charge in [-0.3, -0.25) is 4.98 Å². The van der Waals surface area contributed by atoms with Crippen LogP contribution >= 0.6 is 11.8 Å². The van der Waals surface area contributed by atoms with Crippen LogP contribution in [0.25, 0.3) is 0 Å². The summed E-state index contributed by atoms with van der Waals surface area (Å²) in [6.45, 7) is 3.48. The van der Waals surface area contributed by atoms with E-state index in [1.54, 1.807) is 19.3 Å². The molecule has 0 aromatic carbocycles. The molecule has 2 aromatic rings. The Balaban J connectivity index is 2.29. The maximum atomic E-state index is 11.4. The fourth-order valence-electron chi connectivity index (χ4n) is 1.76. The van der Waals surface area contributed by atoms with Gasteiger partial charge in [-0.15, -0.1) is 11.8 Å². The lowest BCUT2D eigenvalue weighted by Crippen LogP contribution is -2.18. The number of hydrogen-bond donors (Lipinski definition) is 2. The topological polar surface area (TPSA) is 95.9 Å². The van der Waals surface area contributed by atoms with Gasteiger partial charge in [-0.2, -0.15) is 4.98 Å². The summed E-state index contributed by atoms with van der Waals surface area (Å²) in [5.41, 5.74) is 1.78. The monoisotopic (exact) mass is 291 g/mol. The molecule has 2 aromatic heterocycles. The third-order valence-corrected chi connectivity index (χ3v) is 3.65. The van der Waals surface area contributed by atoms with Crippen LogP contribution in [0.1, 0.15) is 27.2 Å². The van der Waals surface area contributed by atoms with Crippen LogP contribution in [-0.2, 0) is 5.75 Å². The first-order valence-corrected chi connectivity index (χ1v) is 6.83. The molecule has 2 heterocycles. The molecule has 0 bridgehead atoms. The predicted molar refractivity (Wildman–Crippen MR) is 75.1 cm³/mol. The highest BCUT2D eigenvalue weighted by Gasteiger charge is 2.16. The van der Waals surface area contributed by atoms with Crippen molar-refractivity contribution in [2.45, 2.75) is 24.6 Å². The number of aryl methyl sites for hydroxylation is 2. The summed E-state index contributed by atoms with van der Waals surface area (Å²) in [6, 6.07) is 1.96. The fourth-order valence-corrected chi connectivity index (χ4v) is 2.76. The van der Waals surface area contributed by atoms with Crippen LogP contribution < -0.4 is 5.69 Å². The van der Waals surface area contributed by atoms with Crippen molar-refractivity contribution in [1.29, 1.82) is 0 Å². The number of carboxylic acids is 1. The SMILES string of the molecule is Cc1cncc(CSc2nc(=O)[nH]c(C)c2C(=O)O)c1. The summed E-state index contributed by atoms with van der Waals surface area (Å²) in [5.74, 6) is -0.596. The molecule has 0 spiro atoms. The molecule has 7 heteroatoms. The van der Waals surface area contributed by atoms with Gasteiger partial charge in [0.1, 0.15) is 10.6 Å². The minimum absolute atomic E-state index is 0.0372. The second kappa shape index (κ2) is 5.87. The number of aromatic amines is 1. The quantitative estimate of drug-likeness (QED) is 0.658. The second-order valence-corrected chi connectivity index (χ2v) is 5.28. The molecule has 0 atom stereocenters. The van der Waals surface area contributed by atoms with Gasteiger partial charge in [-0.1, -0.05) is 6.07 Å². The van der Waals surface area contributed by atoms with Gasteiger partial charge >= 0.3 is 11.7 Å². The molecule has 0 saturated heterocycles. The van der Waals surface area contributed by atoms with Crippen LogP contribution in [0.5, 0.6) is 0 Å². The Bertz CT molecular complexity index is 712. The zero-order valence-corrected chi connectivity index (χ0v) is 11.8. The molecule has 2 rings (SSSR count). The Morgan fingerprint density at radius 3 is 2.80 bits per heavy atom. The average molecular weight is 291 g/mol. The number of carboxylic acid groups (broad SMARTS) is 1. The Morgan fingerprint density at radius 1 is 1.40 bits per heavy atom. The van der Waals surface area contributed by atoms with Crippen molar-refractivity contribution in [3.8, 4) is 0 Å². The molecule has 2 N–H and O–H groups in total. The van der Waals surface area contributed by atoms with Crippen LogP contribution in [0.3, 0.4) is 0 Å². The fraction of sp³-hybridized carbons (Fsp3) is 0.231. The zero-order valence-electron chi connectivity index (χ0n) is 11.0. The number of pyridine rings is 1. The predicted octanol–water partition coefficient (Wildman–Crippen LogP) is 1.77. The molecule has 0 aliphatic heterocycles. The average Bonchev–Trinajstić information content (AvgIpc) is 2.35. The molecular formula is C13H13N3O3S. The third kappa shape index (κ3) is 3.24. The summed E-state index contributed by atoms with van der Waals surface area (Å²) < 4.78 is 0. The summed E-state index contributed by atoms with van der Waals surface area (Å²) in [7, 11) is 0. The van der Waals surface area contributed by atoms with E-state index in [1.807, 2.05) is 13.0 Å². The van der Waals surface area contributed by atoms with Crippen LogP contribution in [0, 0.1) is 13.8 Å². The van der Waals surface area contributed by atoms with E-state index in [1.165, 1.54) is 11.8 Å². The van der Waals surface area contributed by atoms with Gasteiger partial charge in [0.15, 0.2) is 0 Å². The van der Waals surface area contributed by atoms with E-state index in [2.05, 4.69) is 15.0 Å². The van der Waals surface area contributed by atoms with Crippen molar-refractivity contribution in [2.75, 3.05) is 0 Å². The standard InChI is InChI=1S/C13H13N3O3S/c1-7-3-9(5-14-4-7)6-20-11-10(12(17)18)8(2)15-13(19)16-11/h3-5H,6H2,1-2H3,(H,17,18)(H,15,16,19). The number of nitrogens with one attached hydrogen (secondary N) is 1. The lowest BCUT2D eigenvalue weighted by molar-refractivity contribution is 0.0690. The highest BCUT2D eigenvalue weighted by molar-refractivity contribution is 7.98. The highest BCUT2D eigenvalue weighted by Crippen LogP contribution is 2.24. The molecule has 0 amide bonds. The first-order chi connectivity index (χ1) is 9.47. The molecule has 6 nitrogen and oxygen atoms in total. The van der Waals surface area contributed by atoms with Crippen LogP contribution in [-0.4, -0.2) is 26.0 Å². The zero-order chi connectivity index (χ0) is 14.7. The van der Waals surface area contributed by atoms with Crippen molar-refractivity contribution in [3.05, 3.63) is 51.3 Å². The Morgan fingerprint density at radius 2 is 2.15 bits per heavy atom. The van der Waals surface area contributed by atoms with E-state index < -0.39 is 11.7 Å². The van der Waals surface area contributed by atoms with Crippen LogP contribution in [0.2, 0.25) is 0 Å². The minimum Gasteiger partial charge on any atom is -0.478 e. The van der Waals surface area contributed by atoms with Gasteiger partial charge in [0, 0.05) is 23.8 Å². The van der Waals surface area contributed by atoms with Crippen LogP contribution in [0.4, 0.5) is 0 Å². The lowest BCUT2D eigenvalue weighted by Gasteiger charge is -2.07. The normalized spacial score (nSPS) is 10.5. The van der Waals surface area contributed by atoms with Gasteiger partial charge in [-0.05, 0) is 25.0 Å². The maximum absolute atomic E-state index is 11.4. The molecule has 104 valence electrons. The number of hydrogen-bond acceptors (Lipinski definition) is 5. The largest absolute Gasteiger partial charge is 0.478 e. The van der Waals surface area contributed by atoms with Crippen molar-refractivity contribution >= 4 is 17.7 Å². The van der Waals surface area contributed by atoms with E-state index in [4.69, 9.17) is 0 Å². The van der Waals surface area contributed by atoms with Crippen molar-refractivity contribution in [2.24, 2.45) is 0 Å². The molecule has 0 radical (unpaired) electrons. The Kier molecular flexibility index (Phi) is 4.19. The van der Waals surface area contributed by atoms with Crippen molar-refractivity contribution in [1.82, 2.24) is 15.0 Å². The van der Waals surface area contributed by atoms with Crippen molar-refractivity contribution in [3.63, 3.8) is 0 Å². The number of H-pyrrole nitrogens is 1.